The second-order valence-electron chi connectivity index (χ2n) is 4.35. The van der Waals surface area contributed by atoms with Crippen molar-refractivity contribution in [2.24, 2.45) is 0 Å². The van der Waals surface area contributed by atoms with E-state index in [1.807, 2.05) is 31.2 Å². The number of carbonyl (C=O) groups excluding carboxylic acids is 1. The standard InChI is InChI=1S/C16H17N3O2S/c1-3-11-21-13-8-5-12(6-9-13)7-10-14(20)17-16-19-18-15(4-2)22-16/h3,5-10H,1,4,11H2,2H3,(H,17,19,20)/b10-7+. The van der Waals surface area contributed by atoms with Gasteiger partial charge in [-0.15, -0.1) is 10.2 Å². The number of rotatable bonds is 7. The molecule has 2 aromatic rings. The van der Waals surface area contributed by atoms with Crippen LogP contribution in [0.15, 0.2) is 43.0 Å². The molecule has 0 aliphatic heterocycles. The van der Waals surface area contributed by atoms with Gasteiger partial charge in [0.15, 0.2) is 0 Å². The van der Waals surface area contributed by atoms with Crippen molar-refractivity contribution < 1.29 is 9.53 Å². The lowest BCUT2D eigenvalue weighted by Crippen LogP contribution is -2.07. The Kier molecular flexibility index (Phi) is 5.85. The van der Waals surface area contributed by atoms with Gasteiger partial charge in [-0.1, -0.05) is 43.0 Å². The summed E-state index contributed by atoms with van der Waals surface area (Å²) in [5, 5.41) is 11.9. The summed E-state index contributed by atoms with van der Waals surface area (Å²) in [6.07, 6.45) is 5.69. The molecule has 0 saturated heterocycles. The summed E-state index contributed by atoms with van der Waals surface area (Å²) >= 11 is 1.38. The minimum atomic E-state index is -0.231. The van der Waals surface area contributed by atoms with Gasteiger partial charge in [0.25, 0.3) is 0 Å². The predicted octanol–water partition coefficient (Wildman–Crippen LogP) is 3.32. The summed E-state index contributed by atoms with van der Waals surface area (Å²) in [5.74, 6) is 0.535. The lowest BCUT2D eigenvalue weighted by atomic mass is 10.2. The first-order valence-corrected chi connectivity index (χ1v) is 7.68. The Balaban J connectivity index is 1.90. The molecule has 1 aromatic carbocycles. The molecule has 0 aliphatic rings. The van der Waals surface area contributed by atoms with E-state index in [0.717, 1.165) is 22.7 Å². The third-order valence-corrected chi connectivity index (χ3v) is 3.66. The van der Waals surface area contributed by atoms with Gasteiger partial charge < -0.3 is 4.74 Å². The third-order valence-electron chi connectivity index (χ3n) is 2.67. The Morgan fingerprint density at radius 1 is 1.36 bits per heavy atom. The van der Waals surface area contributed by atoms with Gasteiger partial charge in [-0.3, -0.25) is 10.1 Å². The van der Waals surface area contributed by atoms with E-state index >= 15 is 0 Å². The molecule has 0 aliphatic carbocycles. The number of anilines is 1. The molecular formula is C16H17N3O2S. The minimum Gasteiger partial charge on any atom is -0.490 e. The fraction of sp³-hybridized carbons (Fsp3) is 0.188. The van der Waals surface area contributed by atoms with Crippen molar-refractivity contribution in [3.8, 4) is 5.75 Å². The number of amides is 1. The van der Waals surface area contributed by atoms with Gasteiger partial charge in [0.05, 0.1) is 0 Å². The van der Waals surface area contributed by atoms with Crippen molar-refractivity contribution in [3.05, 3.63) is 53.6 Å². The molecule has 22 heavy (non-hydrogen) atoms. The number of carbonyl (C=O) groups is 1. The largest absolute Gasteiger partial charge is 0.490 e. The lowest BCUT2D eigenvalue weighted by Gasteiger charge is -2.02. The Labute approximate surface area is 133 Å². The van der Waals surface area contributed by atoms with Crippen LogP contribution in [-0.4, -0.2) is 22.7 Å². The van der Waals surface area contributed by atoms with E-state index in [0.29, 0.717) is 11.7 Å². The molecule has 0 saturated carbocycles. The van der Waals surface area contributed by atoms with Gasteiger partial charge in [0.1, 0.15) is 17.4 Å². The Hall–Kier alpha value is -2.47. The lowest BCUT2D eigenvalue weighted by molar-refractivity contribution is -0.111. The summed E-state index contributed by atoms with van der Waals surface area (Å²) in [6.45, 7) is 6.06. The van der Waals surface area contributed by atoms with Gasteiger partial charge in [-0.05, 0) is 30.2 Å². The number of aromatic nitrogens is 2. The van der Waals surface area contributed by atoms with E-state index in [2.05, 4.69) is 22.1 Å². The number of ether oxygens (including phenoxy) is 1. The number of benzene rings is 1. The summed E-state index contributed by atoms with van der Waals surface area (Å²) < 4.78 is 5.39. The molecule has 1 heterocycles. The third kappa shape index (κ3) is 4.82. The van der Waals surface area contributed by atoms with Crippen LogP contribution in [-0.2, 0) is 11.2 Å². The number of nitrogens with one attached hydrogen (secondary N) is 1. The van der Waals surface area contributed by atoms with E-state index < -0.39 is 0 Å². The average molecular weight is 315 g/mol. The zero-order valence-corrected chi connectivity index (χ0v) is 13.1. The maximum atomic E-state index is 11.8. The van der Waals surface area contributed by atoms with Crippen molar-refractivity contribution in [2.45, 2.75) is 13.3 Å². The highest BCUT2D eigenvalue weighted by atomic mass is 32.1. The molecular weight excluding hydrogens is 298 g/mol. The molecule has 0 bridgehead atoms. The summed E-state index contributed by atoms with van der Waals surface area (Å²) in [5.41, 5.74) is 0.910. The molecule has 114 valence electrons. The highest BCUT2D eigenvalue weighted by Gasteiger charge is 2.04. The van der Waals surface area contributed by atoms with Crippen LogP contribution >= 0.6 is 11.3 Å². The smallest absolute Gasteiger partial charge is 0.250 e. The molecule has 1 amide bonds. The van der Waals surface area contributed by atoms with Crippen LogP contribution in [0, 0.1) is 0 Å². The van der Waals surface area contributed by atoms with Crippen LogP contribution < -0.4 is 10.1 Å². The second kappa shape index (κ2) is 8.09. The van der Waals surface area contributed by atoms with Crippen molar-refractivity contribution in [2.75, 3.05) is 11.9 Å². The van der Waals surface area contributed by atoms with Gasteiger partial charge in [-0.25, -0.2) is 0 Å². The van der Waals surface area contributed by atoms with Crippen LogP contribution in [0.3, 0.4) is 0 Å². The quantitative estimate of drug-likeness (QED) is 0.629. The highest BCUT2D eigenvalue weighted by Crippen LogP contribution is 2.16. The fourth-order valence-corrected chi connectivity index (χ4v) is 2.28. The minimum absolute atomic E-state index is 0.231. The molecule has 5 nitrogen and oxygen atoms in total. The van der Waals surface area contributed by atoms with Gasteiger partial charge in [0, 0.05) is 6.08 Å². The van der Waals surface area contributed by atoms with E-state index in [1.54, 1.807) is 12.2 Å². The van der Waals surface area contributed by atoms with E-state index in [4.69, 9.17) is 4.74 Å². The topological polar surface area (TPSA) is 64.1 Å². The SMILES string of the molecule is C=CCOc1ccc(/C=C/C(=O)Nc2nnc(CC)s2)cc1. The predicted molar refractivity (Wildman–Crippen MR) is 89.1 cm³/mol. The van der Waals surface area contributed by atoms with Crippen molar-refractivity contribution in [3.63, 3.8) is 0 Å². The fourth-order valence-electron chi connectivity index (χ4n) is 1.60. The Bertz CT molecular complexity index is 662. The summed E-state index contributed by atoms with van der Waals surface area (Å²) in [6, 6.07) is 7.45. The molecule has 0 fully saturated rings. The van der Waals surface area contributed by atoms with Crippen LogP contribution in [0.1, 0.15) is 17.5 Å². The molecule has 0 spiro atoms. The Morgan fingerprint density at radius 3 is 2.77 bits per heavy atom. The second-order valence-corrected chi connectivity index (χ2v) is 5.41. The van der Waals surface area contributed by atoms with Crippen molar-refractivity contribution >= 4 is 28.5 Å². The van der Waals surface area contributed by atoms with E-state index in [1.165, 1.54) is 17.4 Å². The van der Waals surface area contributed by atoms with Crippen LogP contribution in [0.25, 0.3) is 6.08 Å². The first-order chi connectivity index (χ1) is 10.7. The molecule has 1 N–H and O–H groups in total. The van der Waals surface area contributed by atoms with Crippen LogP contribution in [0.5, 0.6) is 5.75 Å². The molecule has 1 aromatic heterocycles. The van der Waals surface area contributed by atoms with Crippen molar-refractivity contribution in [1.82, 2.24) is 10.2 Å². The van der Waals surface area contributed by atoms with Crippen LogP contribution in [0.4, 0.5) is 5.13 Å². The van der Waals surface area contributed by atoms with Gasteiger partial charge in [0.2, 0.25) is 11.0 Å². The summed E-state index contributed by atoms with van der Waals surface area (Å²) in [4.78, 5) is 11.8. The zero-order valence-electron chi connectivity index (χ0n) is 12.3. The van der Waals surface area contributed by atoms with Gasteiger partial charge >= 0.3 is 0 Å². The molecule has 0 atom stereocenters. The molecule has 0 radical (unpaired) electrons. The molecule has 0 unspecified atom stereocenters. The monoisotopic (exact) mass is 315 g/mol. The maximum absolute atomic E-state index is 11.8. The number of aryl methyl sites for hydroxylation is 1. The summed E-state index contributed by atoms with van der Waals surface area (Å²) in [7, 11) is 0. The first-order valence-electron chi connectivity index (χ1n) is 6.86. The number of hydrogen-bond acceptors (Lipinski definition) is 5. The van der Waals surface area contributed by atoms with E-state index in [-0.39, 0.29) is 5.91 Å². The number of nitrogens with zero attached hydrogens (tertiary/aromatic N) is 2. The zero-order chi connectivity index (χ0) is 15.8. The van der Waals surface area contributed by atoms with E-state index in [9.17, 15) is 4.79 Å². The average Bonchev–Trinajstić information content (AvgIpc) is 2.99. The molecule has 6 heteroatoms. The molecule has 2 rings (SSSR count). The normalized spacial score (nSPS) is 10.6. The number of hydrogen-bond donors (Lipinski definition) is 1. The van der Waals surface area contributed by atoms with Crippen LogP contribution in [0.2, 0.25) is 0 Å². The van der Waals surface area contributed by atoms with Crippen molar-refractivity contribution in [1.29, 1.82) is 0 Å². The maximum Gasteiger partial charge on any atom is 0.250 e. The highest BCUT2D eigenvalue weighted by molar-refractivity contribution is 7.15. The first kappa shape index (κ1) is 15.9. The Morgan fingerprint density at radius 2 is 2.14 bits per heavy atom. The van der Waals surface area contributed by atoms with Gasteiger partial charge in [-0.2, -0.15) is 0 Å².